The van der Waals surface area contributed by atoms with Gasteiger partial charge in [-0.1, -0.05) is 13.3 Å². The van der Waals surface area contributed by atoms with Crippen LogP contribution in [0.2, 0.25) is 0 Å². The number of aromatic nitrogens is 2. The van der Waals surface area contributed by atoms with E-state index in [4.69, 9.17) is 14.6 Å². The molecular weight excluding hydrogens is 286 g/mol. The van der Waals surface area contributed by atoms with Crippen LogP contribution in [0.3, 0.4) is 0 Å². The Morgan fingerprint density at radius 1 is 1.35 bits per heavy atom. The van der Waals surface area contributed by atoms with Crippen LogP contribution < -0.4 is 5.14 Å². The predicted octanol–water partition coefficient (Wildman–Crippen LogP) is 0.203. The summed E-state index contributed by atoms with van der Waals surface area (Å²) in [6, 6.07) is 0. The minimum Gasteiger partial charge on any atom is -0.458 e. The number of carbonyl (C=O) groups is 1. The Bertz CT molecular complexity index is 552. The molecule has 0 spiro atoms. The number of sulfonamides is 1. The molecule has 1 aromatic heterocycles. The zero-order valence-electron chi connectivity index (χ0n) is 11.5. The number of aryl methyl sites for hydroxylation is 1. The minimum absolute atomic E-state index is 0.0205. The summed E-state index contributed by atoms with van der Waals surface area (Å²) in [5.41, 5.74) is -0.000735. The zero-order chi connectivity index (χ0) is 15.2. The number of ether oxygens (including phenoxy) is 2. The van der Waals surface area contributed by atoms with Gasteiger partial charge in [-0.3, -0.25) is 5.10 Å². The number of nitrogens with zero attached hydrogens (tertiary/aromatic N) is 1. The molecule has 3 N–H and O–H groups in total. The molecule has 20 heavy (non-hydrogen) atoms. The number of nitrogens with one attached hydrogen (secondary N) is 1. The average Bonchev–Trinajstić information content (AvgIpc) is 2.78. The van der Waals surface area contributed by atoms with E-state index in [1.165, 1.54) is 0 Å². The lowest BCUT2D eigenvalue weighted by Gasteiger charge is -2.05. The summed E-state index contributed by atoms with van der Waals surface area (Å²) in [7, 11) is -4.05. The van der Waals surface area contributed by atoms with Crippen molar-refractivity contribution in [3.05, 3.63) is 11.4 Å². The van der Waals surface area contributed by atoms with Gasteiger partial charge in [0.1, 0.15) is 11.5 Å². The van der Waals surface area contributed by atoms with Crippen LogP contribution in [0.15, 0.2) is 4.90 Å². The number of rotatable bonds is 8. The molecule has 114 valence electrons. The van der Waals surface area contributed by atoms with Gasteiger partial charge in [-0.05, 0) is 13.3 Å². The van der Waals surface area contributed by atoms with Crippen molar-refractivity contribution in [2.24, 2.45) is 5.14 Å². The van der Waals surface area contributed by atoms with Crippen LogP contribution in [0.1, 0.15) is 36.5 Å². The Labute approximate surface area is 117 Å². The lowest BCUT2D eigenvalue weighted by Crippen LogP contribution is -2.19. The first kappa shape index (κ1) is 16.6. The molecule has 0 radical (unpaired) electrons. The summed E-state index contributed by atoms with van der Waals surface area (Å²) in [5.74, 6) is -0.840. The zero-order valence-corrected chi connectivity index (χ0v) is 12.3. The van der Waals surface area contributed by atoms with Crippen molar-refractivity contribution in [2.75, 3.05) is 19.8 Å². The largest absolute Gasteiger partial charge is 0.458 e. The molecule has 0 bridgehead atoms. The molecule has 0 fully saturated rings. The molecule has 0 aromatic carbocycles. The van der Waals surface area contributed by atoms with Crippen LogP contribution in [-0.4, -0.2) is 44.4 Å². The van der Waals surface area contributed by atoms with Crippen LogP contribution in [0.25, 0.3) is 0 Å². The van der Waals surface area contributed by atoms with Crippen LogP contribution in [0, 0.1) is 0 Å². The molecule has 0 aliphatic heterocycles. The fourth-order valence-corrected chi connectivity index (χ4v) is 2.53. The molecular formula is C11H19N3O5S. The van der Waals surface area contributed by atoms with E-state index in [0.717, 1.165) is 0 Å². The van der Waals surface area contributed by atoms with E-state index >= 15 is 0 Å². The molecule has 1 aromatic rings. The summed E-state index contributed by atoms with van der Waals surface area (Å²) < 4.78 is 33.1. The lowest BCUT2D eigenvalue weighted by atomic mass is 10.2. The van der Waals surface area contributed by atoms with Gasteiger partial charge in [0.15, 0.2) is 5.69 Å². The fourth-order valence-electron chi connectivity index (χ4n) is 1.64. The van der Waals surface area contributed by atoms with Gasteiger partial charge in [0.2, 0.25) is 10.0 Å². The first-order chi connectivity index (χ1) is 9.41. The third kappa shape index (κ3) is 4.29. The maximum Gasteiger partial charge on any atom is 0.360 e. The highest BCUT2D eigenvalue weighted by Gasteiger charge is 2.27. The van der Waals surface area contributed by atoms with Gasteiger partial charge in [0, 0.05) is 6.61 Å². The average molecular weight is 305 g/mol. The van der Waals surface area contributed by atoms with Gasteiger partial charge >= 0.3 is 5.97 Å². The Morgan fingerprint density at radius 3 is 2.60 bits per heavy atom. The number of hydrogen-bond acceptors (Lipinski definition) is 6. The Morgan fingerprint density at radius 2 is 2.05 bits per heavy atom. The molecule has 9 heteroatoms. The molecule has 0 aliphatic rings. The minimum atomic E-state index is -4.05. The van der Waals surface area contributed by atoms with Gasteiger partial charge < -0.3 is 9.47 Å². The second kappa shape index (κ2) is 7.36. The number of primary sulfonamides is 1. The van der Waals surface area contributed by atoms with E-state index in [9.17, 15) is 13.2 Å². The highest BCUT2D eigenvalue weighted by Crippen LogP contribution is 2.19. The highest BCUT2D eigenvalue weighted by atomic mass is 32.2. The number of carbonyl (C=O) groups excluding carboxylic acids is 1. The van der Waals surface area contributed by atoms with Crippen LogP contribution >= 0.6 is 0 Å². The Kier molecular flexibility index (Phi) is 6.11. The molecule has 1 rings (SSSR count). The summed E-state index contributed by atoms with van der Waals surface area (Å²) in [6.07, 6.45) is 1.11. The van der Waals surface area contributed by atoms with Crippen molar-refractivity contribution >= 4 is 16.0 Å². The SMILES string of the molecule is CCCc1[nH]nc(C(=O)OCCOCC)c1S(N)(=O)=O. The van der Waals surface area contributed by atoms with Crippen LogP contribution in [-0.2, 0) is 25.9 Å². The van der Waals surface area contributed by atoms with E-state index in [1.54, 1.807) is 0 Å². The summed E-state index contributed by atoms with van der Waals surface area (Å²) in [4.78, 5) is 11.5. The molecule has 0 aliphatic carbocycles. The van der Waals surface area contributed by atoms with Crippen molar-refractivity contribution in [2.45, 2.75) is 31.6 Å². The quantitative estimate of drug-likeness (QED) is 0.522. The van der Waals surface area contributed by atoms with Gasteiger partial charge in [0.25, 0.3) is 0 Å². The van der Waals surface area contributed by atoms with Crippen LogP contribution in [0.4, 0.5) is 0 Å². The third-order valence-electron chi connectivity index (χ3n) is 2.43. The van der Waals surface area contributed by atoms with Gasteiger partial charge in [0.05, 0.1) is 12.3 Å². The van der Waals surface area contributed by atoms with E-state index in [-0.39, 0.29) is 23.8 Å². The maximum absolute atomic E-state index is 11.8. The lowest BCUT2D eigenvalue weighted by molar-refractivity contribution is 0.0325. The number of nitrogens with two attached hydrogens (primary N) is 1. The van der Waals surface area contributed by atoms with Crippen molar-refractivity contribution in [3.8, 4) is 0 Å². The van der Waals surface area contributed by atoms with Crippen LogP contribution in [0.5, 0.6) is 0 Å². The Hall–Kier alpha value is -1.45. The number of esters is 1. The molecule has 0 atom stereocenters. The standard InChI is InChI=1S/C11H19N3O5S/c1-3-5-8-10(20(12,16)17)9(14-13-8)11(15)19-7-6-18-4-2/h3-7H2,1-2H3,(H,13,14)(H2,12,16,17). The van der Waals surface area contributed by atoms with Gasteiger partial charge in [-0.25, -0.2) is 18.4 Å². The number of H-pyrrole nitrogens is 1. The molecule has 0 saturated heterocycles. The predicted molar refractivity (Wildman–Crippen MR) is 70.7 cm³/mol. The van der Waals surface area contributed by atoms with E-state index < -0.39 is 16.0 Å². The smallest absolute Gasteiger partial charge is 0.360 e. The summed E-state index contributed by atoms with van der Waals surface area (Å²) in [6.45, 7) is 4.44. The maximum atomic E-state index is 11.8. The normalized spacial score (nSPS) is 11.6. The first-order valence-electron chi connectivity index (χ1n) is 6.26. The van der Waals surface area contributed by atoms with Crippen molar-refractivity contribution in [1.82, 2.24) is 10.2 Å². The third-order valence-corrected chi connectivity index (χ3v) is 3.44. The van der Waals surface area contributed by atoms with E-state index in [1.807, 2.05) is 13.8 Å². The van der Waals surface area contributed by atoms with Crippen molar-refractivity contribution in [1.29, 1.82) is 0 Å². The highest BCUT2D eigenvalue weighted by molar-refractivity contribution is 7.89. The topological polar surface area (TPSA) is 124 Å². The van der Waals surface area contributed by atoms with Crippen molar-refractivity contribution in [3.63, 3.8) is 0 Å². The molecule has 0 amide bonds. The summed E-state index contributed by atoms with van der Waals surface area (Å²) >= 11 is 0. The molecule has 8 nitrogen and oxygen atoms in total. The Balaban J connectivity index is 2.92. The van der Waals surface area contributed by atoms with E-state index in [2.05, 4.69) is 10.2 Å². The number of aromatic amines is 1. The molecule has 0 saturated carbocycles. The van der Waals surface area contributed by atoms with Crippen molar-refractivity contribution < 1.29 is 22.7 Å². The van der Waals surface area contributed by atoms with Gasteiger partial charge in [-0.15, -0.1) is 0 Å². The molecule has 1 heterocycles. The number of hydrogen-bond donors (Lipinski definition) is 2. The van der Waals surface area contributed by atoms with Gasteiger partial charge in [-0.2, -0.15) is 5.10 Å². The monoisotopic (exact) mass is 305 g/mol. The molecule has 0 unspecified atom stereocenters. The second-order valence-electron chi connectivity index (χ2n) is 4.01. The summed E-state index contributed by atoms with van der Waals surface area (Å²) in [5, 5.41) is 11.4. The van der Waals surface area contributed by atoms with E-state index in [0.29, 0.717) is 25.1 Å². The first-order valence-corrected chi connectivity index (χ1v) is 7.81. The second-order valence-corrected chi connectivity index (χ2v) is 5.51. The fraction of sp³-hybridized carbons (Fsp3) is 0.636.